The molecule has 108 valence electrons. The van der Waals surface area contributed by atoms with Gasteiger partial charge < -0.3 is 4.90 Å². The van der Waals surface area contributed by atoms with Crippen molar-refractivity contribution in [2.24, 2.45) is 5.84 Å². The highest BCUT2D eigenvalue weighted by atomic mass is 79.9. The Kier molecular flexibility index (Phi) is 3.44. The Bertz CT molecular complexity index is 760. The zero-order valence-corrected chi connectivity index (χ0v) is 14.4. The molecular formula is C13H10BrN3O2S2. The van der Waals surface area contributed by atoms with Crippen LogP contribution in [-0.4, -0.2) is 28.2 Å². The van der Waals surface area contributed by atoms with Crippen molar-refractivity contribution >= 4 is 67.3 Å². The van der Waals surface area contributed by atoms with Gasteiger partial charge in [0, 0.05) is 17.1 Å². The second-order valence-corrected chi connectivity index (χ2v) is 7.29. The fraction of sp³-hybridized carbons (Fsp3) is 0.154. The summed E-state index contributed by atoms with van der Waals surface area (Å²) in [7, 11) is 1.69. The number of likely N-dealkylation sites (N-methyl/N-ethyl adjacent to an activating group) is 1. The number of carbonyl (C=O) groups is 2. The first-order valence-electron chi connectivity index (χ1n) is 5.96. The molecule has 21 heavy (non-hydrogen) atoms. The second kappa shape index (κ2) is 4.91. The van der Waals surface area contributed by atoms with Crippen LogP contribution >= 0.6 is 39.9 Å². The van der Waals surface area contributed by atoms with Crippen LogP contribution in [0.15, 0.2) is 21.5 Å². The average Bonchev–Trinajstić information content (AvgIpc) is 2.79. The Hall–Kier alpha value is -1.22. The second-order valence-electron chi connectivity index (χ2n) is 4.73. The zero-order chi connectivity index (χ0) is 15.5. The van der Waals surface area contributed by atoms with Gasteiger partial charge in [0.05, 0.1) is 16.2 Å². The summed E-state index contributed by atoms with van der Waals surface area (Å²) >= 11 is 9.51. The van der Waals surface area contributed by atoms with E-state index in [1.807, 2.05) is 19.1 Å². The first-order chi connectivity index (χ1) is 9.82. The van der Waals surface area contributed by atoms with Crippen molar-refractivity contribution in [1.82, 2.24) is 5.01 Å². The van der Waals surface area contributed by atoms with Crippen LogP contribution in [0.3, 0.4) is 0 Å². The maximum Gasteiger partial charge on any atom is 0.281 e. The number of aryl methyl sites for hydroxylation is 1. The van der Waals surface area contributed by atoms with Gasteiger partial charge in [0.15, 0.2) is 4.32 Å². The molecule has 0 radical (unpaired) electrons. The van der Waals surface area contributed by atoms with Crippen LogP contribution in [-0.2, 0) is 9.59 Å². The topological polar surface area (TPSA) is 66.6 Å². The first kappa shape index (κ1) is 14.7. The van der Waals surface area contributed by atoms with Gasteiger partial charge in [-0.2, -0.15) is 0 Å². The van der Waals surface area contributed by atoms with Crippen molar-refractivity contribution in [1.29, 1.82) is 0 Å². The molecular weight excluding hydrogens is 374 g/mol. The predicted molar refractivity (Wildman–Crippen MR) is 90.4 cm³/mol. The van der Waals surface area contributed by atoms with E-state index in [2.05, 4.69) is 15.9 Å². The number of thioether (sulfide) groups is 1. The average molecular weight is 384 g/mol. The molecule has 0 aromatic heterocycles. The van der Waals surface area contributed by atoms with E-state index in [1.54, 1.807) is 11.9 Å². The van der Waals surface area contributed by atoms with Gasteiger partial charge in [-0.1, -0.05) is 39.9 Å². The van der Waals surface area contributed by atoms with Gasteiger partial charge in [-0.25, -0.2) is 10.9 Å². The van der Waals surface area contributed by atoms with E-state index in [9.17, 15) is 9.59 Å². The number of hydrogen-bond donors (Lipinski definition) is 1. The third kappa shape index (κ3) is 2.05. The van der Waals surface area contributed by atoms with Crippen LogP contribution in [0.25, 0.3) is 5.57 Å². The molecule has 8 heteroatoms. The minimum Gasteiger partial charge on any atom is -0.310 e. The van der Waals surface area contributed by atoms with E-state index < -0.39 is 5.91 Å². The molecule has 1 aromatic carbocycles. The highest BCUT2D eigenvalue weighted by Crippen LogP contribution is 2.45. The fourth-order valence-electron chi connectivity index (χ4n) is 2.51. The van der Waals surface area contributed by atoms with E-state index in [1.165, 1.54) is 0 Å². The lowest BCUT2D eigenvalue weighted by Gasteiger charge is -2.12. The predicted octanol–water partition coefficient (Wildman–Crippen LogP) is 2.18. The summed E-state index contributed by atoms with van der Waals surface area (Å²) in [6.45, 7) is 1.92. The Balaban J connectivity index is 2.31. The van der Waals surface area contributed by atoms with Gasteiger partial charge in [0.25, 0.3) is 11.8 Å². The summed E-state index contributed by atoms with van der Waals surface area (Å²) in [5.74, 6) is 4.93. The number of hydrazine groups is 1. The van der Waals surface area contributed by atoms with Crippen LogP contribution in [0.4, 0.5) is 5.69 Å². The van der Waals surface area contributed by atoms with Crippen LogP contribution in [0, 0.1) is 6.92 Å². The van der Waals surface area contributed by atoms with Crippen molar-refractivity contribution in [3.05, 3.63) is 32.6 Å². The first-order valence-corrected chi connectivity index (χ1v) is 7.98. The lowest BCUT2D eigenvalue weighted by atomic mass is 10.0. The molecule has 1 saturated heterocycles. The number of carbonyl (C=O) groups excluding carboxylic acids is 2. The molecule has 2 heterocycles. The number of amides is 2. The summed E-state index contributed by atoms with van der Waals surface area (Å²) in [6.07, 6.45) is 0. The summed E-state index contributed by atoms with van der Waals surface area (Å²) in [4.78, 5) is 26.6. The summed E-state index contributed by atoms with van der Waals surface area (Å²) < 4.78 is 1.10. The Morgan fingerprint density at radius 1 is 1.29 bits per heavy atom. The Labute approximate surface area is 139 Å². The molecule has 3 rings (SSSR count). The van der Waals surface area contributed by atoms with Gasteiger partial charge in [0.1, 0.15) is 0 Å². The van der Waals surface area contributed by atoms with Crippen LogP contribution in [0.1, 0.15) is 11.1 Å². The van der Waals surface area contributed by atoms with Gasteiger partial charge in [-0.05, 0) is 24.6 Å². The minimum absolute atomic E-state index is 0.222. The molecule has 2 aliphatic rings. The highest BCUT2D eigenvalue weighted by Gasteiger charge is 2.40. The number of hydrogen-bond acceptors (Lipinski definition) is 5. The molecule has 0 bridgehead atoms. The molecule has 0 aliphatic carbocycles. The van der Waals surface area contributed by atoms with E-state index in [4.69, 9.17) is 18.1 Å². The number of benzene rings is 1. The fourth-order valence-corrected chi connectivity index (χ4v) is 4.25. The SMILES string of the molecule is Cc1cc(Br)cc2c1N(C)C(=O)C2=C1SC(=S)N(N)C1=O. The van der Waals surface area contributed by atoms with Crippen molar-refractivity contribution in [2.45, 2.75) is 6.92 Å². The van der Waals surface area contributed by atoms with Crippen LogP contribution in [0.5, 0.6) is 0 Å². The molecule has 1 fully saturated rings. The number of thiocarbonyl (C=S) groups is 1. The Morgan fingerprint density at radius 3 is 2.52 bits per heavy atom. The monoisotopic (exact) mass is 383 g/mol. The molecule has 0 atom stereocenters. The third-order valence-corrected chi connectivity index (χ3v) is 5.27. The molecule has 0 unspecified atom stereocenters. The standard InChI is InChI=1S/C13H10BrN3O2S2/c1-5-3-6(14)4-7-8(11(18)16(2)9(5)7)10-12(19)17(15)13(20)21-10/h3-4H,15H2,1-2H3. The molecule has 5 nitrogen and oxygen atoms in total. The quantitative estimate of drug-likeness (QED) is 0.322. The number of rotatable bonds is 0. The lowest BCUT2D eigenvalue weighted by molar-refractivity contribution is -0.122. The molecule has 1 aromatic rings. The van der Waals surface area contributed by atoms with Crippen molar-refractivity contribution in [2.75, 3.05) is 11.9 Å². The summed E-state index contributed by atoms with van der Waals surface area (Å²) in [6, 6.07) is 3.77. The van der Waals surface area contributed by atoms with Crippen LogP contribution < -0.4 is 10.7 Å². The lowest BCUT2D eigenvalue weighted by Crippen LogP contribution is -2.35. The largest absolute Gasteiger partial charge is 0.310 e. The van der Waals surface area contributed by atoms with Crippen LogP contribution in [0.2, 0.25) is 0 Å². The summed E-state index contributed by atoms with van der Waals surface area (Å²) in [5, 5.41) is 0.901. The third-order valence-electron chi connectivity index (χ3n) is 3.41. The van der Waals surface area contributed by atoms with Crippen molar-refractivity contribution in [3.63, 3.8) is 0 Å². The number of nitrogens with zero attached hydrogens (tertiary/aromatic N) is 2. The van der Waals surface area contributed by atoms with Crippen molar-refractivity contribution < 1.29 is 9.59 Å². The molecule has 2 amide bonds. The van der Waals surface area contributed by atoms with Crippen molar-refractivity contribution in [3.8, 4) is 0 Å². The smallest absolute Gasteiger partial charge is 0.281 e. The number of anilines is 1. The molecule has 2 N–H and O–H groups in total. The van der Waals surface area contributed by atoms with E-state index >= 15 is 0 Å². The number of fused-ring (bicyclic) bond motifs is 1. The minimum atomic E-state index is -0.438. The van der Waals surface area contributed by atoms with E-state index in [0.29, 0.717) is 5.57 Å². The Morgan fingerprint density at radius 2 is 1.95 bits per heavy atom. The van der Waals surface area contributed by atoms with Gasteiger partial charge in [-0.3, -0.25) is 9.59 Å². The number of halogens is 1. The van der Waals surface area contributed by atoms with Gasteiger partial charge in [-0.15, -0.1) is 0 Å². The number of nitrogens with two attached hydrogens (primary N) is 1. The summed E-state index contributed by atoms with van der Waals surface area (Å²) in [5.41, 5.74) is 2.85. The maximum atomic E-state index is 12.6. The van der Waals surface area contributed by atoms with Gasteiger partial charge >= 0.3 is 0 Å². The molecule has 0 saturated carbocycles. The molecule has 0 spiro atoms. The van der Waals surface area contributed by atoms with E-state index in [0.717, 1.165) is 38.1 Å². The maximum absolute atomic E-state index is 12.6. The zero-order valence-electron chi connectivity index (χ0n) is 11.1. The highest BCUT2D eigenvalue weighted by molar-refractivity contribution is 9.10. The van der Waals surface area contributed by atoms with Gasteiger partial charge in [0.2, 0.25) is 0 Å². The molecule has 2 aliphatic heterocycles. The van der Waals surface area contributed by atoms with E-state index in [-0.39, 0.29) is 15.1 Å². The normalized spacial score (nSPS) is 21.6.